The first-order valence-electron chi connectivity index (χ1n) is 7.63. The van der Waals surface area contributed by atoms with Gasteiger partial charge in [-0.1, -0.05) is 27.2 Å². The van der Waals surface area contributed by atoms with Gasteiger partial charge in [-0.15, -0.1) is 0 Å². The summed E-state index contributed by atoms with van der Waals surface area (Å²) < 4.78 is 10.9. The van der Waals surface area contributed by atoms with E-state index in [1.54, 1.807) is 0 Å². The molecule has 21 heavy (non-hydrogen) atoms. The highest BCUT2D eigenvalue weighted by Gasteiger charge is 2.35. The van der Waals surface area contributed by atoms with Crippen molar-refractivity contribution in [2.45, 2.75) is 39.7 Å². The number of unbranched alkanes of at least 4 members (excludes halogenated alkanes) is 1. The number of carbonyl (C=O) groups is 1. The van der Waals surface area contributed by atoms with Crippen molar-refractivity contribution >= 4 is 17.3 Å². The molecule has 1 aromatic rings. The van der Waals surface area contributed by atoms with E-state index >= 15 is 0 Å². The van der Waals surface area contributed by atoms with Crippen molar-refractivity contribution in [2.75, 3.05) is 23.6 Å². The summed E-state index contributed by atoms with van der Waals surface area (Å²) in [6.45, 7) is 7.24. The molecule has 0 fully saturated rings. The van der Waals surface area contributed by atoms with Gasteiger partial charge in [-0.05, 0) is 12.3 Å². The van der Waals surface area contributed by atoms with Gasteiger partial charge in [0.25, 0.3) is 0 Å². The van der Waals surface area contributed by atoms with Crippen molar-refractivity contribution in [1.29, 1.82) is 0 Å². The Morgan fingerprint density at radius 3 is 2.71 bits per heavy atom. The summed E-state index contributed by atoms with van der Waals surface area (Å²) in [6, 6.07) is 3.67. The van der Waals surface area contributed by atoms with Crippen LogP contribution >= 0.6 is 0 Å². The maximum atomic E-state index is 12.7. The minimum atomic E-state index is -0.185. The Bertz CT molecular complexity index is 557. The zero-order valence-corrected chi connectivity index (χ0v) is 12.8. The highest BCUT2D eigenvalue weighted by atomic mass is 16.7. The second kappa shape index (κ2) is 5.47. The number of nitrogens with zero attached hydrogens (tertiary/aromatic N) is 1. The van der Waals surface area contributed by atoms with E-state index in [4.69, 9.17) is 9.47 Å². The minimum absolute atomic E-state index is 0.143. The average Bonchev–Trinajstić information content (AvgIpc) is 2.90. The maximum absolute atomic E-state index is 12.7. The van der Waals surface area contributed by atoms with Crippen molar-refractivity contribution in [3.63, 3.8) is 0 Å². The molecule has 0 saturated heterocycles. The molecule has 0 aromatic heterocycles. The molecule has 2 aliphatic heterocycles. The fourth-order valence-corrected chi connectivity index (χ4v) is 2.78. The van der Waals surface area contributed by atoms with E-state index in [1.807, 2.05) is 17.0 Å². The van der Waals surface area contributed by atoms with Crippen LogP contribution in [0, 0.1) is 5.92 Å². The molecule has 2 heterocycles. The Morgan fingerprint density at radius 2 is 2.05 bits per heavy atom. The number of nitrogens with one attached hydrogen (secondary N) is 1. The number of ether oxygens (including phenoxy) is 2. The van der Waals surface area contributed by atoms with Crippen LogP contribution in [0.1, 0.15) is 33.6 Å². The summed E-state index contributed by atoms with van der Waals surface area (Å²) in [5.41, 5.74) is 1.85. The molecule has 2 aliphatic rings. The van der Waals surface area contributed by atoms with Crippen molar-refractivity contribution in [1.82, 2.24) is 0 Å². The van der Waals surface area contributed by atoms with Crippen LogP contribution in [0.2, 0.25) is 0 Å². The second-order valence-corrected chi connectivity index (χ2v) is 5.93. The number of hydrogen-bond donors (Lipinski definition) is 1. The first-order valence-corrected chi connectivity index (χ1v) is 7.63. The normalized spacial score (nSPS) is 19.7. The van der Waals surface area contributed by atoms with Crippen LogP contribution in [-0.2, 0) is 4.79 Å². The summed E-state index contributed by atoms with van der Waals surface area (Å²) in [6.07, 6.45) is 2.05. The van der Waals surface area contributed by atoms with E-state index < -0.39 is 0 Å². The fraction of sp³-hybridized carbons (Fsp3) is 0.562. The molecule has 0 aliphatic carbocycles. The van der Waals surface area contributed by atoms with E-state index in [-0.39, 0.29) is 24.7 Å². The summed E-state index contributed by atoms with van der Waals surface area (Å²) in [7, 11) is 0. The molecule has 3 rings (SSSR count). The lowest BCUT2D eigenvalue weighted by molar-refractivity contribution is -0.120. The maximum Gasteiger partial charge on any atom is 0.249 e. The number of carbonyl (C=O) groups excluding carboxylic acids is 1. The third-order valence-corrected chi connectivity index (χ3v) is 4.03. The predicted molar refractivity (Wildman–Crippen MR) is 82.1 cm³/mol. The molecule has 0 bridgehead atoms. The van der Waals surface area contributed by atoms with Gasteiger partial charge < -0.3 is 19.7 Å². The van der Waals surface area contributed by atoms with Crippen LogP contribution in [0.15, 0.2) is 12.1 Å². The Labute approximate surface area is 125 Å². The Hall–Kier alpha value is -1.91. The van der Waals surface area contributed by atoms with Gasteiger partial charge in [0.15, 0.2) is 11.5 Å². The first kappa shape index (κ1) is 14.0. The summed E-state index contributed by atoms with van der Waals surface area (Å²) in [4.78, 5) is 14.6. The molecule has 0 radical (unpaired) electrons. The molecule has 5 heteroatoms. The zero-order valence-electron chi connectivity index (χ0n) is 12.8. The van der Waals surface area contributed by atoms with E-state index in [2.05, 4.69) is 26.1 Å². The predicted octanol–water partition coefficient (Wildman–Crippen LogP) is 3.00. The van der Waals surface area contributed by atoms with Crippen LogP contribution < -0.4 is 19.7 Å². The van der Waals surface area contributed by atoms with Gasteiger partial charge in [-0.3, -0.25) is 4.79 Å². The molecule has 1 aromatic carbocycles. The summed E-state index contributed by atoms with van der Waals surface area (Å²) in [5, 5.41) is 3.36. The molecule has 0 saturated carbocycles. The van der Waals surface area contributed by atoms with Crippen LogP contribution in [0.25, 0.3) is 0 Å². The lowest BCUT2D eigenvalue weighted by Gasteiger charge is -2.37. The molecule has 5 nitrogen and oxygen atoms in total. The Kier molecular flexibility index (Phi) is 3.66. The number of rotatable bonds is 4. The van der Waals surface area contributed by atoms with Crippen molar-refractivity contribution < 1.29 is 14.3 Å². The molecule has 1 atom stereocenters. The van der Waals surface area contributed by atoms with Gasteiger partial charge in [0.2, 0.25) is 12.7 Å². The number of anilines is 2. The lowest BCUT2D eigenvalue weighted by atomic mass is 9.98. The zero-order chi connectivity index (χ0) is 15.0. The molecule has 1 unspecified atom stereocenters. The van der Waals surface area contributed by atoms with Gasteiger partial charge in [-0.2, -0.15) is 0 Å². The monoisotopic (exact) mass is 290 g/mol. The van der Waals surface area contributed by atoms with Gasteiger partial charge in [0.05, 0.1) is 11.4 Å². The van der Waals surface area contributed by atoms with Crippen LogP contribution in [0.4, 0.5) is 11.4 Å². The smallest absolute Gasteiger partial charge is 0.249 e. The highest BCUT2D eigenvalue weighted by molar-refractivity contribution is 6.05. The SMILES string of the molecule is CCCCN1C(=O)C(C(C)C)Nc2cc3c(cc21)OCO3. The second-order valence-electron chi connectivity index (χ2n) is 5.93. The summed E-state index contributed by atoms with van der Waals surface area (Å²) >= 11 is 0. The first-order chi connectivity index (χ1) is 10.1. The van der Waals surface area contributed by atoms with Crippen molar-refractivity contribution in [2.24, 2.45) is 5.92 Å². The number of fused-ring (bicyclic) bond motifs is 2. The summed E-state index contributed by atoms with van der Waals surface area (Å²) in [5.74, 6) is 1.84. The fourth-order valence-electron chi connectivity index (χ4n) is 2.78. The van der Waals surface area contributed by atoms with E-state index in [0.717, 1.165) is 36.5 Å². The van der Waals surface area contributed by atoms with Gasteiger partial charge in [0, 0.05) is 18.7 Å². The van der Waals surface area contributed by atoms with Crippen LogP contribution in [0.3, 0.4) is 0 Å². The third-order valence-electron chi connectivity index (χ3n) is 4.03. The standard InChI is InChI=1S/C16H22N2O3/c1-4-5-6-18-12-8-14-13(20-9-21-14)7-11(12)17-15(10(2)3)16(18)19/h7-8,10,15,17H,4-6,9H2,1-3H3. The molecule has 1 amide bonds. The van der Waals surface area contributed by atoms with E-state index in [9.17, 15) is 4.79 Å². The van der Waals surface area contributed by atoms with Gasteiger partial charge in [-0.25, -0.2) is 0 Å². The molecule has 0 spiro atoms. The van der Waals surface area contributed by atoms with E-state index in [0.29, 0.717) is 5.75 Å². The largest absolute Gasteiger partial charge is 0.454 e. The van der Waals surface area contributed by atoms with Crippen LogP contribution in [-0.4, -0.2) is 25.3 Å². The Balaban J connectivity index is 2.01. The molecular weight excluding hydrogens is 268 g/mol. The highest BCUT2D eigenvalue weighted by Crippen LogP contribution is 2.43. The number of hydrogen-bond acceptors (Lipinski definition) is 4. The van der Waals surface area contributed by atoms with Gasteiger partial charge in [0.1, 0.15) is 6.04 Å². The van der Waals surface area contributed by atoms with Crippen LogP contribution in [0.5, 0.6) is 11.5 Å². The Morgan fingerprint density at radius 1 is 1.33 bits per heavy atom. The third kappa shape index (κ3) is 2.41. The van der Waals surface area contributed by atoms with E-state index in [1.165, 1.54) is 0 Å². The van der Waals surface area contributed by atoms with Crippen molar-refractivity contribution in [3.05, 3.63) is 12.1 Å². The quantitative estimate of drug-likeness (QED) is 0.926. The minimum Gasteiger partial charge on any atom is -0.454 e. The molecular formula is C16H22N2O3. The number of amides is 1. The van der Waals surface area contributed by atoms with Gasteiger partial charge >= 0.3 is 0 Å². The molecule has 114 valence electrons. The topological polar surface area (TPSA) is 50.8 Å². The lowest BCUT2D eigenvalue weighted by Crippen LogP contribution is -2.49. The number of benzene rings is 1. The molecule has 1 N–H and O–H groups in total. The van der Waals surface area contributed by atoms with Crippen molar-refractivity contribution in [3.8, 4) is 11.5 Å². The average molecular weight is 290 g/mol.